The summed E-state index contributed by atoms with van der Waals surface area (Å²) in [6.45, 7) is 3.56. The molecule has 0 saturated carbocycles. The number of rotatable bonds is 6. The zero-order chi connectivity index (χ0) is 20.1. The summed E-state index contributed by atoms with van der Waals surface area (Å²) in [5, 5.41) is 0. The quantitative estimate of drug-likeness (QED) is 0.522. The number of nitrogens with zero attached hydrogens (tertiary/aromatic N) is 2. The lowest BCUT2D eigenvalue weighted by molar-refractivity contribution is 0.100. The Bertz CT molecular complexity index is 875. The fourth-order valence-corrected chi connectivity index (χ4v) is 4.66. The van der Waals surface area contributed by atoms with Crippen LogP contribution in [0, 0.1) is 0 Å². The van der Waals surface area contributed by atoms with Gasteiger partial charge in [0, 0.05) is 17.7 Å². The van der Waals surface area contributed by atoms with Gasteiger partial charge in [0.15, 0.2) is 5.96 Å². The van der Waals surface area contributed by atoms with E-state index in [1.807, 2.05) is 6.07 Å². The zero-order valence-electron chi connectivity index (χ0n) is 15.3. The van der Waals surface area contributed by atoms with E-state index < -0.39 is 5.91 Å². The van der Waals surface area contributed by atoms with E-state index in [0.717, 1.165) is 30.8 Å². The number of hydrogen-bond donors (Lipinski definition) is 2. The van der Waals surface area contributed by atoms with Crippen LogP contribution in [0.3, 0.4) is 0 Å². The Morgan fingerprint density at radius 2 is 1.89 bits per heavy atom. The molecule has 1 aliphatic rings. The van der Waals surface area contributed by atoms with E-state index in [-0.39, 0.29) is 5.96 Å². The molecular formula is C19H22Cl2N4O2S. The predicted molar refractivity (Wildman–Crippen MR) is 116 cm³/mol. The second-order valence-corrected chi connectivity index (χ2v) is 8.86. The summed E-state index contributed by atoms with van der Waals surface area (Å²) < 4.78 is 7.04. The van der Waals surface area contributed by atoms with E-state index in [2.05, 4.69) is 9.89 Å². The molecule has 2 aromatic rings. The number of amides is 1. The van der Waals surface area contributed by atoms with Crippen LogP contribution in [-0.4, -0.2) is 43.0 Å². The lowest BCUT2D eigenvalue weighted by Crippen LogP contribution is -2.33. The van der Waals surface area contributed by atoms with E-state index in [1.165, 1.54) is 30.6 Å². The normalized spacial score (nSPS) is 14.6. The van der Waals surface area contributed by atoms with Crippen LogP contribution in [0.15, 0.2) is 29.3 Å². The van der Waals surface area contributed by atoms with Crippen LogP contribution in [0.2, 0.25) is 8.67 Å². The van der Waals surface area contributed by atoms with Gasteiger partial charge in [-0.05, 0) is 55.8 Å². The number of ether oxygens (including phenoxy) is 1. The van der Waals surface area contributed by atoms with Crippen LogP contribution in [0.1, 0.15) is 29.6 Å². The summed E-state index contributed by atoms with van der Waals surface area (Å²) in [5.74, 6) is -0.276. The monoisotopic (exact) mass is 440 g/mol. The average Bonchev–Trinajstić information content (AvgIpc) is 3.00. The number of likely N-dealkylation sites (tertiary alicyclic amines) is 1. The molecule has 1 aromatic carbocycles. The molecule has 0 radical (unpaired) electrons. The van der Waals surface area contributed by atoms with E-state index >= 15 is 0 Å². The highest BCUT2D eigenvalue weighted by Crippen LogP contribution is 2.39. The first-order chi connectivity index (χ1) is 13.4. The molecule has 6 nitrogen and oxygen atoms in total. The highest BCUT2D eigenvalue weighted by molar-refractivity contribution is 7.20. The largest absolute Gasteiger partial charge is 0.492 e. The van der Waals surface area contributed by atoms with Gasteiger partial charge in [0.05, 0.1) is 4.34 Å². The zero-order valence-corrected chi connectivity index (χ0v) is 17.6. The molecule has 1 fully saturated rings. The van der Waals surface area contributed by atoms with Gasteiger partial charge in [-0.15, -0.1) is 11.3 Å². The van der Waals surface area contributed by atoms with E-state index in [9.17, 15) is 4.79 Å². The first-order valence-electron chi connectivity index (χ1n) is 9.02. The van der Waals surface area contributed by atoms with Gasteiger partial charge in [0.25, 0.3) is 5.91 Å². The van der Waals surface area contributed by atoms with Crippen LogP contribution >= 0.6 is 34.5 Å². The maximum atomic E-state index is 12.3. The van der Waals surface area contributed by atoms with Crippen LogP contribution in [0.4, 0.5) is 0 Å². The average molecular weight is 441 g/mol. The molecule has 3 rings (SSSR count). The van der Waals surface area contributed by atoms with Crippen molar-refractivity contribution in [2.45, 2.75) is 19.3 Å². The lowest BCUT2D eigenvalue weighted by atomic mass is 10.0. The van der Waals surface area contributed by atoms with Crippen molar-refractivity contribution in [3.8, 4) is 16.9 Å². The number of piperidine rings is 1. The molecule has 1 amide bonds. The van der Waals surface area contributed by atoms with Gasteiger partial charge in [0.2, 0.25) is 0 Å². The molecule has 150 valence electrons. The summed E-state index contributed by atoms with van der Waals surface area (Å²) >= 11 is 13.6. The maximum Gasteiger partial charge on any atom is 0.280 e. The molecular weight excluding hydrogens is 419 g/mol. The van der Waals surface area contributed by atoms with Crippen LogP contribution < -0.4 is 16.2 Å². The summed E-state index contributed by atoms with van der Waals surface area (Å²) in [6.07, 6.45) is 3.74. The molecule has 0 unspecified atom stereocenters. The van der Waals surface area contributed by atoms with E-state index in [1.54, 1.807) is 18.2 Å². The van der Waals surface area contributed by atoms with Gasteiger partial charge in [-0.2, -0.15) is 4.99 Å². The molecule has 0 atom stereocenters. The molecule has 1 saturated heterocycles. The Balaban J connectivity index is 1.83. The SMILES string of the molecule is NC(N)=NC(=O)c1cc(OCCN2CCCCC2)cc(-c2cc(Cl)sc2Cl)c1. The topological polar surface area (TPSA) is 93.9 Å². The molecule has 2 heterocycles. The molecule has 4 N–H and O–H groups in total. The second kappa shape index (κ2) is 9.60. The number of carbonyl (C=O) groups is 1. The molecule has 1 aromatic heterocycles. The number of hydrogen-bond acceptors (Lipinski definition) is 4. The van der Waals surface area contributed by atoms with Crippen molar-refractivity contribution in [2.75, 3.05) is 26.2 Å². The number of nitrogens with two attached hydrogens (primary N) is 2. The Labute approximate surface area is 178 Å². The van der Waals surface area contributed by atoms with Gasteiger partial charge < -0.3 is 16.2 Å². The minimum absolute atomic E-state index is 0.292. The van der Waals surface area contributed by atoms with E-state index in [0.29, 0.717) is 26.6 Å². The number of aliphatic imine (C=N–C) groups is 1. The Kier molecular flexibility index (Phi) is 7.18. The third-order valence-electron chi connectivity index (χ3n) is 4.48. The molecule has 28 heavy (non-hydrogen) atoms. The van der Waals surface area contributed by atoms with Crippen LogP contribution in [0.5, 0.6) is 5.75 Å². The third kappa shape index (κ3) is 5.61. The summed E-state index contributed by atoms with van der Waals surface area (Å²) in [4.78, 5) is 18.3. The number of guanidine groups is 1. The Morgan fingerprint density at radius 3 is 2.54 bits per heavy atom. The summed E-state index contributed by atoms with van der Waals surface area (Å²) in [7, 11) is 0. The van der Waals surface area contributed by atoms with Crippen molar-refractivity contribution in [3.05, 3.63) is 38.5 Å². The Hall–Kier alpha value is -1.80. The van der Waals surface area contributed by atoms with Crippen molar-refractivity contribution < 1.29 is 9.53 Å². The van der Waals surface area contributed by atoms with Crippen molar-refractivity contribution in [2.24, 2.45) is 16.5 Å². The van der Waals surface area contributed by atoms with Crippen LogP contribution in [-0.2, 0) is 0 Å². The minimum Gasteiger partial charge on any atom is -0.492 e. The first-order valence-corrected chi connectivity index (χ1v) is 10.6. The number of carbonyl (C=O) groups excluding carboxylic acids is 1. The fourth-order valence-electron chi connectivity index (χ4n) is 3.16. The maximum absolute atomic E-state index is 12.3. The molecule has 0 bridgehead atoms. The van der Waals surface area contributed by atoms with Crippen molar-refractivity contribution in [1.29, 1.82) is 0 Å². The highest BCUT2D eigenvalue weighted by Gasteiger charge is 2.15. The van der Waals surface area contributed by atoms with Gasteiger partial charge >= 0.3 is 0 Å². The molecule has 1 aliphatic heterocycles. The number of halogens is 2. The molecule has 0 aliphatic carbocycles. The van der Waals surface area contributed by atoms with Gasteiger partial charge in [-0.1, -0.05) is 29.6 Å². The van der Waals surface area contributed by atoms with Crippen molar-refractivity contribution >= 4 is 46.4 Å². The van der Waals surface area contributed by atoms with Crippen LogP contribution in [0.25, 0.3) is 11.1 Å². The number of benzene rings is 1. The van der Waals surface area contributed by atoms with Crippen molar-refractivity contribution in [1.82, 2.24) is 4.90 Å². The fraction of sp³-hybridized carbons (Fsp3) is 0.368. The van der Waals surface area contributed by atoms with Gasteiger partial charge in [-0.3, -0.25) is 9.69 Å². The van der Waals surface area contributed by atoms with Gasteiger partial charge in [0.1, 0.15) is 16.7 Å². The standard InChI is InChI=1S/C19H22Cl2N4O2S/c20-16-11-15(17(21)28-16)12-8-13(18(26)24-19(22)23)10-14(9-12)27-7-6-25-4-2-1-3-5-25/h8-11H,1-7H2,(H4,22,23,24,26). The van der Waals surface area contributed by atoms with Gasteiger partial charge in [-0.25, -0.2) is 0 Å². The van der Waals surface area contributed by atoms with Crippen molar-refractivity contribution in [3.63, 3.8) is 0 Å². The first kappa shape index (κ1) is 20.9. The highest BCUT2D eigenvalue weighted by atomic mass is 35.5. The summed E-state index contributed by atoms with van der Waals surface area (Å²) in [5.41, 5.74) is 12.5. The minimum atomic E-state index is -0.542. The predicted octanol–water partition coefficient (Wildman–Crippen LogP) is 4.00. The third-order valence-corrected chi connectivity index (χ3v) is 5.96. The Morgan fingerprint density at radius 1 is 1.14 bits per heavy atom. The lowest BCUT2D eigenvalue weighted by Gasteiger charge is -2.26. The molecule has 9 heteroatoms. The second-order valence-electron chi connectivity index (χ2n) is 6.58. The molecule has 0 spiro atoms. The van der Waals surface area contributed by atoms with E-state index in [4.69, 9.17) is 39.4 Å². The smallest absolute Gasteiger partial charge is 0.280 e. The number of thiophene rings is 1. The summed E-state index contributed by atoms with van der Waals surface area (Å²) in [6, 6.07) is 6.91.